The summed E-state index contributed by atoms with van der Waals surface area (Å²) in [4.78, 5) is 14.9. The molecule has 1 amide bonds. The molecule has 1 aliphatic rings. The number of aromatic hydroxyl groups is 1. The number of nitrogens with one attached hydrogen (secondary N) is 3. The first-order valence-corrected chi connectivity index (χ1v) is 7.92. The van der Waals surface area contributed by atoms with Gasteiger partial charge in [0.25, 0.3) is 0 Å². The van der Waals surface area contributed by atoms with Gasteiger partial charge in [-0.15, -0.1) is 0 Å². The Labute approximate surface area is 136 Å². The van der Waals surface area contributed by atoms with E-state index in [4.69, 9.17) is 4.74 Å². The van der Waals surface area contributed by atoms with Gasteiger partial charge in [0.15, 0.2) is 11.5 Å². The molecule has 23 heavy (non-hydrogen) atoms. The Morgan fingerprint density at radius 3 is 2.83 bits per heavy atom. The van der Waals surface area contributed by atoms with E-state index in [0.29, 0.717) is 12.2 Å². The first-order chi connectivity index (χ1) is 11.1. The number of nitrogens with zero attached hydrogens (tertiary/aromatic N) is 1. The van der Waals surface area contributed by atoms with Crippen LogP contribution in [0.5, 0.6) is 11.5 Å². The Hall–Kier alpha value is -2.12. The van der Waals surface area contributed by atoms with Crippen LogP contribution in [0.4, 0.5) is 0 Å². The number of quaternary nitrogens is 2. The van der Waals surface area contributed by atoms with Crippen molar-refractivity contribution in [3.8, 4) is 11.5 Å². The maximum absolute atomic E-state index is 11.8. The van der Waals surface area contributed by atoms with Crippen molar-refractivity contribution in [2.75, 3.05) is 46.9 Å². The first kappa shape index (κ1) is 17.2. The summed E-state index contributed by atoms with van der Waals surface area (Å²) >= 11 is 0. The summed E-state index contributed by atoms with van der Waals surface area (Å²) in [5.41, 5.74) is 3.28. The number of piperazine rings is 1. The molecule has 126 valence electrons. The molecule has 0 radical (unpaired) electrons. The van der Waals surface area contributed by atoms with Gasteiger partial charge in [-0.2, -0.15) is 5.10 Å². The van der Waals surface area contributed by atoms with Crippen LogP contribution in [0.15, 0.2) is 23.3 Å². The number of carbonyl (C=O) groups excluding carboxylic acids is 1. The highest BCUT2D eigenvalue weighted by Crippen LogP contribution is 2.25. The predicted molar refractivity (Wildman–Crippen MR) is 87.2 cm³/mol. The lowest BCUT2D eigenvalue weighted by Crippen LogP contribution is -3.27. The van der Waals surface area contributed by atoms with Gasteiger partial charge in [0.1, 0.15) is 26.2 Å². The Kier molecular flexibility index (Phi) is 6.37. The van der Waals surface area contributed by atoms with Gasteiger partial charge >= 0.3 is 0 Å². The molecule has 0 spiro atoms. The summed E-state index contributed by atoms with van der Waals surface area (Å²) in [7, 11) is 3.69. The number of benzene rings is 1. The van der Waals surface area contributed by atoms with E-state index in [-0.39, 0.29) is 11.7 Å². The molecule has 0 atom stereocenters. The van der Waals surface area contributed by atoms with Gasteiger partial charge in [-0.1, -0.05) is 0 Å². The van der Waals surface area contributed by atoms with E-state index in [1.54, 1.807) is 17.0 Å². The second-order valence-corrected chi connectivity index (χ2v) is 5.93. The molecule has 1 fully saturated rings. The third-order valence-electron chi connectivity index (χ3n) is 4.12. The second-order valence-electron chi connectivity index (χ2n) is 5.93. The number of rotatable bonds is 6. The summed E-state index contributed by atoms with van der Waals surface area (Å²) in [6.45, 7) is 5.42. The number of phenolic OH excluding ortho intramolecular Hbond substituents is 1. The van der Waals surface area contributed by atoms with E-state index in [1.807, 2.05) is 0 Å². The molecule has 2 rings (SSSR count). The maximum Gasteiger partial charge on any atom is 0.245 e. The SMILES string of the molecule is COc1cc(C=NNC(=O)CC[NH+]2CC[NH+](C)CC2)ccc1O. The lowest BCUT2D eigenvalue weighted by atomic mass is 10.2. The standard InChI is InChI=1S/C16H24N4O3/c1-19-7-9-20(10-8-19)6-5-16(22)18-17-12-13-3-4-14(21)15(11-13)23-2/h3-4,11-12,21H,5-10H2,1-2H3,(H,18,22)/p+2. The second kappa shape index (κ2) is 8.50. The smallest absolute Gasteiger partial charge is 0.245 e. The zero-order valence-corrected chi connectivity index (χ0v) is 13.8. The molecule has 0 unspecified atom stereocenters. The highest BCUT2D eigenvalue weighted by atomic mass is 16.5. The van der Waals surface area contributed by atoms with Gasteiger partial charge in [0.2, 0.25) is 5.91 Å². The summed E-state index contributed by atoms with van der Waals surface area (Å²) in [5.74, 6) is 0.373. The summed E-state index contributed by atoms with van der Waals surface area (Å²) in [5, 5.41) is 13.5. The quantitative estimate of drug-likeness (QED) is 0.350. The number of methoxy groups -OCH3 is 1. The number of hydrogen-bond acceptors (Lipinski definition) is 4. The maximum atomic E-state index is 11.8. The molecule has 0 aromatic heterocycles. The van der Waals surface area contributed by atoms with Gasteiger partial charge in [0.05, 0.1) is 33.3 Å². The number of likely N-dealkylation sites (N-methyl/N-ethyl adjacent to an activating group) is 1. The van der Waals surface area contributed by atoms with Gasteiger partial charge in [-0.05, 0) is 23.8 Å². The minimum atomic E-state index is -0.0780. The van der Waals surface area contributed by atoms with E-state index >= 15 is 0 Å². The molecule has 0 bridgehead atoms. The van der Waals surface area contributed by atoms with Crippen molar-refractivity contribution in [3.05, 3.63) is 23.8 Å². The van der Waals surface area contributed by atoms with Crippen molar-refractivity contribution in [1.82, 2.24) is 5.43 Å². The molecule has 1 saturated heterocycles. The van der Waals surface area contributed by atoms with Crippen molar-refractivity contribution >= 4 is 12.1 Å². The van der Waals surface area contributed by atoms with Crippen LogP contribution in [-0.2, 0) is 4.79 Å². The third-order valence-corrected chi connectivity index (χ3v) is 4.12. The topological polar surface area (TPSA) is 79.8 Å². The average Bonchev–Trinajstić information content (AvgIpc) is 2.56. The summed E-state index contributed by atoms with van der Waals surface area (Å²) in [6.07, 6.45) is 2.01. The Morgan fingerprint density at radius 1 is 1.39 bits per heavy atom. The molecule has 0 aliphatic carbocycles. The van der Waals surface area contributed by atoms with Crippen molar-refractivity contribution in [2.24, 2.45) is 5.10 Å². The van der Waals surface area contributed by atoms with Crippen LogP contribution in [0.3, 0.4) is 0 Å². The zero-order valence-electron chi connectivity index (χ0n) is 13.8. The molecule has 7 nitrogen and oxygen atoms in total. The van der Waals surface area contributed by atoms with E-state index < -0.39 is 0 Å². The number of amides is 1. The van der Waals surface area contributed by atoms with Crippen molar-refractivity contribution < 1.29 is 24.4 Å². The average molecular weight is 322 g/mol. The Balaban J connectivity index is 1.73. The molecule has 1 aromatic carbocycles. The van der Waals surface area contributed by atoms with Crippen molar-refractivity contribution in [2.45, 2.75) is 6.42 Å². The molecule has 1 aliphatic heterocycles. The van der Waals surface area contributed by atoms with E-state index in [9.17, 15) is 9.90 Å². The van der Waals surface area contributed by atoms with Crippen molar-refractivity contribution in [1.29, 1.82) is 0 Å². The van der Waals surface area contributed by atoms with Gasteiger partial charge < -0.3 is 19.6 Å². The van der Waals surface area contributed by atoms with Gasteiger partial charge in [-0.25, -0.2) is 5.43 Å². The Bertz CT molecular complexity index is 554. The van der Waals surface area contributed by atoms with E-state index in [0.717, 1.165) is 38.3 Å². The van der Waals surface area contributed by atoms with Crippen LogP contribution in [-0.4, -0.2) is 64.1 Å². The predicted octanol–water partition coefficient (Wildman–Crippen LogP) is -2.35. The minimum absolute atomic E-state index is 0.0747. The minimum Gasteiger partial charge on any atom is -0.504 e. The van der Waals surface area contributed by atoms with Crippen LogP contribution < -0.4 is 20.0 Å². The van der Waals surface area contributed by atoms with E-state index in [1.165, 1.54) is 24.3 Å². The van der Waals surface area contributed by atoms with Crippen LogP contribution >= 0.6 is 0 Å². The summed E-state index contributed by atoms with van der Waals surface area (Å²) < 4.78 is 5.02. The summed E-state index contributed by atoms with van der Waals surface area (Å²) in [6, 6.07) is 4.88. The monoisotopic (exact) mass is 322 g/mol. The van der Waals surface area contributed by atoms with Crippen LogP contribution in [0.1, 0.15) is 12.0 Å². The Morgan fingerprint density at radius 2 is 2.13 bits per heavy atom. The largest absolute Gasteiger partial charge is 0.504 e. The molecule has 1 heterocycles. The first-order valence-electron chi connectivity index (χ1n) is 7.92. The molecule has 1 aromatic rings. The number of ether oxygens (including phenoxy) is 1. The molecular formula is C16H26N4O3+2. The highest BCUT2D eigenvalue weighted by molar-refractivity contribution is 5.83. The number of carbonyl (C=O) groups is 1. The number of hydrogen-bond donors (Lipinski definition) is 4. The van der Waals surface area contributed by atoms with Gasteiger partial charge in [-0.3, -0.25) is 4.79 Å². The van der Waals surface area contributed by atoms with E-state index in [2.05, 4.69) is 17.6 Å². The third kappa shape index (κ3) is 5.54. The fourth-order valence-electron chi connectivity index (χ4n) is 2.58. The molecule has 4 N–H and O–H groups in total. The molecule has 7 heteroatoms. The fourth-order valence-corrected chi connectivity index (χ4v) is 2.58. The number of hydrazone groups is 1. The van der Waals surface area contributed by atoms with Crippen LogP contribution in [0.25, 0.3) is 0 Å². The lowest BCUT2D eigenvalue weighted by Gasteiger charge is -2.26. The fraction of sp³-hybridized carbons (Fsp3) is 0.500. The highest BCUT2D eigenvalue weighted by Gasteiger charge is 2.20. The lowest BCUT2D eigenvalue weighted by molar-refractivity contribution is -1.00. The zero-order chi connectivity index (χ0) is 16.7. The van der Waals surface area contributed by atoms with Crippen molar-refractivity contribution in [3.63, 3.8) is 0 Å². The molecular weight excluding hydrogens is 296 g/mol. The van der Waals surface area contributed by atoms with Gasteiger partial charge in [0, 0.05) is 0 Å². The molecule has 0 saturated carbocycles. The van der Waals surface area contributed by atoms with Crippen LogP contribution in [0, 0.1) is 0 Å². The normalized spacial score (nSPS) is 21.3. The number of phenols is 1. The van der Waals surface area contributed by atoms with Crippen LogP contribution in [0.2, 0.25) is 0 Å².